The maximum absolute atomic E-state index is 12.9. The number of rotatable bonds is 36. The van der Waals surface area contributed by atoms with Gasteiger partial charge < -0.3 is 79.8 Å². The van der Waals surface area contributed by atoms with Crippen LogP contribution in [0.1, 0.15) is 38.2 Å². The molecule has 404 valence electrons. The number of amides is 7. The van der Waals surface area contributed by atoms with Gasteiger partial charge in [0, 0.05) is 70.9 Å². The van der Waals surface area contributed by atoms with Crippen LogP contribution >= 0.6 is 0 Å². The number of anilines is 1. The molecule has 5 atom stereocenters. The van der Waals surface area contributed by atoms with Crippen molar-refractivity contribution in [3.8, 4) is 5.75 Å². The molecular weight excluding hydrogens is 985 g/mol. The van der Waals surface area contributed by atoms with Crippen LogP contribution in [0, 0.1) is 0 Å². The molecule has 0 radical (unpaired) electrons. The lowest BCUT2D eigenvalue weighted by molar-refractivity contribution is -0.229. The fourth-order valence-electron chi connectivity index (χ4n) is 6.25. The van der Waals surface area contributed by atoms with E-state index in [2.05, 4.69) is 26.6 Å². The molecule has 2 aliphatic heterocycles. The molecule has 1 saturated heterocycles. The molecule has 1 unspecified atom stereocenters. The number of ether oxygens (including phenoxy) is 8. The zero-order valence-electron chi connectivity index (χ0n) is 39.6. The summed E-state index contributed by atoms with van der Waals surface area (Å²) in [6.45, 7) is 1.05. The molecule has 1 fully saturated rings. The predicted octanol–water partition coefficient (Wildman–Crippen LogP) is -4.20. The van der Waals surface area contributed by atoms with Gasteiger partial charge >= 0.3 is 5.97 Å². The highest BCUT2D eigenvalue weighted by Gasteiger charge is 2.38. The van der Waals surface area contributed by atoms with Crippen LogP contribution in [0.2, 0.25) is 0 Å². The molecule has 29 heteroatoms. The molecule has 9 N–H and O–H groups in total. The molecule has 0 spiro atoms. The van der Waals surface area contributed by atoms with Crippen molar-refractivity contribution in [3.05, 3.63) is 35.9 Å². The van der Waals surface area contributed by atoms with Crippen molar-refractivity contribution >= 4 is 63.1 Å². The van der Waals surface area contributed by atoms with Crippen LogP contribution in [0.5, 0.6) is 5.75 Å². The van der Waals surface area contributed by atoms with Crippen molar-refractivity contribution in [1.29, 1.82) is 0 Å². The van der Waals surface area contributed by atoms with Gasteiger partial charge in [-0.05, 0) is 17.7 Å². The van der Waals surface area contributed by atoms with E-state index in [9.17, 15) is 66.6 Å². The lowest BCUT2D eigenvalue weighted by atomic mass is 10.0. The largest absolute Gasteiger partial charge is 0.463 e. The third kappa shape index (κ3) is 25.1. The van der Waals surface area contributed by atoms with Crippen molar-refractivity contribution in [3.63, 3.8) is 0 Å². The minimum atomic E-state index is -4.71. The van der Waals surface area contributed by atoms with Gasteiger partial charge in [-0.15, -0.1) is 0 Å². The number of aliphatic hydroxyl groups is 3. The van der Waals surface area contributed by atoms with E-state index < -0.39 is 101 Å². The van der Waals surface area contributed by atoms with E-state index in [-0.39, 0.29) is 135 Å². The Kier molecular flexibility index (Phi) is 27.8. The van der Waals surface area contributed by atoms with Gasteiger partial charge in [0.15, 0.2) is 0 Å². The van der Waals surface area contributed by atoms with Crippen molar-refractivity contribution in [2.75, 3.05) is 110 Å². The van der Waals surface area contributed by atoms with Crippen LogP contribution in [-0.2, 0) is 88.2 Å². The van der Waals surface area contributed by atoms with Crippen molar-refractivity contribution < 1.29 is 105 Å². The maximum atomic E-state index is 12.9. The van der Waals surface area contributed by atoms with Gasteiger partial charge in [0.1, 0.15) is 43.0 Å². The van der Waals surface area contributed by atoms with Crippen LogP contribution in [0.4, 0.5) is 5.69 Å². The highest BCUT2D eigenvalue weighted by atomic mass is 32.2. The Balaban J connectivity index is 1.23. The molecule has 7 amide bonds. The van der Waals surface area contributed by atoms with Gasteiger partial charge in [-0.3, -0.25) is 47.8 Å². The Morgan fingerprint density at radius 3 is 2.01 bits per heavy atom. The smallest absolute Gasteiger partial charge is 0.302 e. The number of esters is 1. The van der Waals surface area contributed by atoms with E-state index in [4.69, 9.17) is 37.9 Å². The fourth-order valence-corrected chi connectivity index (χ4v) is 6.91. The Morgan fingerprint density at radius 1 is 0.764 bits per heavy atom. The summed E-state index contributed by atoms with van der Waals surface area (Å²) in [4.78, 5) is 97.5. The summed E-state index contributed by atoms with van der Waals surface area (Å²) in [6.07, 6.45) is -3.20. The van der Waals surface area contributed by atoms with E-state index in [1.165, 1.54) is 19.1 Å². The van der Waals surface area contributed by atoms with Crippen LogP contribution in [-0.4, -0.2) is 216 Å². The van der Waals surface area contributed by atoms with Gasteiger partial charge in [0.25, 0.3) is 21.9 Å². The third-order valence-electron chi connectivity index (χ3n) is 9.84. The Labute approximate surface area is 414 Å². The molecule has 2 aliphatic rings. The van der Waals surface area contributed by atoms with Gasteiger partial charge in [0.2, 0.25) is 35.8 Å². The van der Waals surface area contributed by atoms with E-state index in [1.54, 1.807) is 6.07 Å². The van der Waals surface area contributed by atoms with E-state index in [0.29, 0.717) is 5.56 Å². The van der Waals surface area contributed by atoms with E-state index >= 15 is 0 Å². The summed E-state index contributed by atoms with van der Waals surface area (Å²) < 4.78 is 75.5. The Bertz CT molecular complexity index is 2080. The normalized spacial score (nSPS) is 18.0. The number of imide groups is 1. The Hall–Kier alpha value is -5.73. The number of carbonyl (C=O) groups excluding carboxylic acids is 8. The molecule has 3 rings (SSSR count). The van der Waals surface area contributed by atoms with Crippen LogP contribution < -0.4 is 31.3 Å². The molecule has 72 heavy (non-hydrogen) atoms. The van der Waals surface area contributed by atoms with E-state index in [1.807, 2.05) is 0 Å². The summed E-state index contributed by atoms with van der Waals surface area (Å²) in [5.41, 5.74) is 0.609. The van der Waals surface area contributed by atoms with Crippen LogP contribution in [0.15, 0.2) is 30.4 Å². The summed E-state index contributed by atoms with van der Waals surface area (Å²) in [7, 11) is -4.71. The minimum Gasteiger partial charge on any atom is -0.463 e. The number of carbonyl (C=O) groups is 8. The molecule has 28 nitrogen and oxygen atoms in total. The number of nitrogens with one attached hydrogen (secondary N) is 5. The SMILES string of the molecule is CC(=O)OCc1ccc(O[C@H]2C[C@@H](O)[C@@H](O)[C@@H](CO)O2)c(NC(=O)CCNC(=O)COCCNC(=O)C(CS(=O)(=O)O)NC(=O)CCOCCOCCOCCOCCNC(=O)CCN2C(=O)C=CC2=O)c1. The van der Waals surface area contributed by atoms with E-state index in [0.717, 1.165) is 17.1 Å². The van der Waals surface area contributed by atoms with Gasteiger partial charge in [-0.25, -0.2) is 0 Å². The number of aliphatic hydroxyl groups excluding tert-OH is 3. The molecule has 0 aromatic heterocycles. The second-order valence-corrected chi connectivity index (χ2v) is 17.1. The first kappa shape index (κ1) is 60.6. The number of benzene rings is 1. The highest BCUT2D eigenvalue weighted by Crippen LogP contribution is 2.31. The highest BCUT2D eigenvalue weighted by molar-refractivity contribution is 7.85. The van der Waals surface area contributed by atoms with Crippen molar-refractivity contribution in [2.24, 2.45) is 0 Å². The zero-order valence-corrected chi connectivity index (χ0v) is 40.4. The molecule has 0 bridgehead atoms. The average molecular weight is 1050 g/mol. The summed E-state index contributed by atoms with van der Waals surface area (Å²) in [6, 6.07) is 2.82. The maximum Gasteiger partial charge on any atom is 0.302 e. The zero-order chi connectivity index (χ0) is 52.9. The van der Waals surface area contributed by atoms with Crippen LogP contribution in [0.25, 0.3) is 0 Å². The minimum absolute atomic E-state index is 0.00654. The Morgan fingerprint density at radius 2 is 1.38 bits per heavy atom. The third-order valence-corrected chi connectivity index (χ3v) is 10.6. The quantitative estimate of drug-likeness (QED) is 0.0133. The lowest BCUT2D eigenvalue weighted by Crippen LogP contribution is -2.51. The first-order valence-electron chi connectivity index (χ1n) is 22.7. The first-order valence-corrected chi connectivity index (χ1v) is 24.3. The fraction of sp³-hybridized carbons (Fsp3) is 0.628. The molecule has 0 aliphatic carbocycles. The van der Waals surface area contributed by atoms with Crippen molar-refractivity contribution in [1.82, 2.24) is 26.2 Å². The monoisotopic (exact) mass is 1050 g/mol. The second-order valence-electron chi connectivity index (χ2n) is 15.6. The topological polar surface area (TPSA) is 389 Å². The second kappa shape index (κ2) is 33.1. The molecule has 1 aromatic carbocycles. The number of hydrogen-bond acceptors (Lipinski definition) is 21. The summed E-state index contributed by atoms with van der Waals surface area (Å²) in [5, 5.41) is 42.0. The van der Waals surface area contributed by atoms with Gasteiger partial charge in [-0.2, -0.15) is 8.42 Å². The lowest BCUT2D eigenvalue weighted by Gasteiger charge is -2.36. The van der Waals surface area contributed by atoms with Crippen molar-refractivity contribution in [2.45, 2.75) is 69.9 Å². The number of nitrogens with zero attached hydrogens (tertiary/aromatic N) is 1. The predicted molar refractivity (Wildman–Crippen MR) is 245 cm³/mol. The molecule has 0 saturated carbocycles. The number of hydrogen-bond donors (Lipinski definition) is 9. The van der Waals surface area contributed by atoms with Gasteiger partial charge in [-0.1, -0.05) is 6.07 Å². The van der Waals surface area contributed by atoms with Crippen LogP contribution in [0.3, 0.4) is 0 Å². The summed E-state index contributed by atoms with van der Waals surface area (Å²) >= 11 is 0. The molecule has 1 aromatic rings. The standard InChI is InChI=1S/C43H64N6O22S/c1-28(51)69-25-29-2-3-33(70-41-23-32(52)42(59)34(24-50)71-41)30(22-29)47-36(54)6-9-44-38(56)26-68-15-11-46-43(60)31(27-72(61,62)63)48-37(55)8-13-64-16-18-66-20-21-67-19-17-65-14-10-45-35(53)7-12-49-39(57)4-5-40(49)58/h2-5,22,31-32,34,41-42,50,52,59H,6-21,23-27H2,1H3,(H,44,56)(H,45,53)(H,46,60)(H,47,54)(H,48,55)(H,61,62,63)/t31?,32-,34-,41-,42-/m1/s1. The average Bonchev–Trinajstić information content (AvgIpc) is 3.64. The van der Waals surface area contributed by atoms with Gasteiger partial charge in [0.05, 0.1) is 77.9 Å². The summed E-state index contributed by atoms with van der Waals surface area (Å²) in [5.74, 6) is -5.72. The first-order chi connectivity index (χ1) is 34.3. The molecule has 2 heterocycles. The molecular formula is C43H64N6O22S.